The van der Waals surface area contributed by atoms with Crippen molar-refractivity contribution in [2.24, 2.45) is 0 Å². The minimum atomic E-state index is -0.186. The molecule has 0 atom stereocenters. The molecule has 0 spiro atoms. The zero-order valence-corrected chi connectivity index (χ0v) is 16.1. The first-order valence-electron chi connectivity index (χ1n) is 8.00. The second kappa shape index (κ2) is 9.20. The Bertz CT molecular complexity index is 725. The van der Waals surface area contributed by atoms with Crippen LogP contribution in [0.3, 0.4) is 0 Å². The monoisotopic (exact) mass is 378 g/mol. The molecule has 2 aromatic rings. The molecular formula is C19H23ClN2O4. The summed E-state index contributed by atoms with van der Waals surface area (Å²) in [5.74, 6) is 1.61. The van der Waals surface area contributed by atoms with Gasteiger partial charge in [0.05, 0.1) is 21.3 Å². The van der Waals surface area contributed by atoms with Crippen molar-refractivity contribution < 1.29 is 19.0 Å². The number of methoxy groups -OCH3 is 3. The van der Waals surface area contributed by atoms with Crippen molar-refractivity contribution in [2.75, 3.05) is 28.4 Å². The summed E-state index contributed by atoms with van der Waals surface area (Å²) in [5, 5.41) is 3.55. The van der Waals surface area contributed by atoms with Crippen LogP contribution in [0.1, 0.15) is 11.1 Å². The number of rotatable bonds is 7. The predicted molar refractivity (Wildman–Crippen MR) is 101 cm³/mol. The zero-order valence-electron chi connectivity index (χ0n) is 15.3. The van der Waals surface area contributed by atoms with Gasteiger partial charge < -0.3 is 24.4 Å². The fourth-order valence-corrected chi connectivity index (χ4v) is 2.61. The molecular weight excluding hydrogens is 356 g/mol. The maximum absolute atomic E-state index is 12.3. The summed E-state index contributed by atoms with van der Waals surface area (Å²) in [6, 6.07) is 10.8. The van der Waals surface area contributed by atoms with E-state index in [0.29, 0.717) is 35.4 Å². The van der Waals surface area contributed by atoms with Gasteiger partial charge in [-0.25, -0.2) is 4.79 Å². The van der Waals surface area contributed by atoms with E-state index in [1.165, 1.54) is 0 Å². The molecule has 2 rings (SSSR count). The molecule has 1 N–H and O–H groups in total. The van der Waals surface area contributed by atoms with E-state index < -0.39 is 0 Å². The van der Waals surface area contributed by atoms with Gasteiger partial charge in [0.25, 0.3) is 0 Å². The zero-order chi connectivity index (χ0) is 19.1. The van der Waals surface area contributed by atoms with Gasteiger partial charge in [-0.15, -0.1) is 0 Å². The number of carbonyl (C=O) groups excluding carboxylic acids is 1. The normalized spacial score (nSPS) is 10.2. The summed E-state index contributed by atoms with van der Waals surface area (Å²) in [5.41, 5.74) is 1.84. The van der Waals surface area contributed by atoms with E-state index in [9.17, 15) is 4.79 Å². The molecule has 0 unspecified atom stereocenters. The van der Waals surface area contributed by atoms with Crippen LogP contribution < -0.4 is 19.5 Å². The molecule has 6 nitrogen and oxygen atoms in total. The standard InChI is InChI=1S/C19H23ClN2O4/c1-22(12-13-5-7-15(20)8-6-13)19(23)21-11-14-9-16(24-2)18(26-4)17(10-14)25-3/h5-10H,11-12H2,1-4H3,(H,21,23). The van der Waals surface area contributed by atoms with Gasteiger partial charge >= 0.3 is 6.03 Å². The van der Waals surface area contributed by atoms with Crippen LogP contribution >= 0.6 is 11.6 Å². The quantitative estimate of drug-likeness (QED) is 0.797. The highest BCUT2D eigenvalue weighted by molar-refractivity contribution is 6.30. The van der Waals surface area contributed by atoms with Crippen LogP contribution in [0.25, 0.3) is 0 Å². The lowest BCUT2D eigenvalue weighted by Crippen LogP contribution is -2.36. The third kappa shape index (κ3) is 4.95. The summed E-state index contributed by atoms with van der Waals surface area (Å²) in [6.45, 7) is 0.818. The smallest absolute Gasteiger partial charge is 0.317 e. The molecule has 0 radical (unpaired) electrons. The summed E-state index contributed by atoms with van der Waals surface area (Å²) >= 11 is 5.88. The van der Waals surface area contributed by atoms with Crippen LogP contribution in [0, 0.1) is 0 Å². The van der Waals surface area contributed by atoms with Crippen molar-refractivity contribution in [1.82, 2.24) is 10.2 Å². The van der Waals surface area contributed by atoms with Gasteiger partial charge in [0, 0.05) is 25.2 Å². The van der Waals surface area contributed by atoms with Crippen LogP contribution in [0.5, 0.6) is 17.2 Å². The Hall–Kier alpha value is -2.60. The minimum absolute atomic E-state index is 0.186. The molecule has 0 heterocycles. The molecule has 26 heavy (non-hydrogen) atoms. The molecule has 2 aromatic carbocycles. The molecule has 7 heteroatoms. The van der Waals surface area contributed by atoms with Crippen molar-refractivity contribution in [1.29, 1.82) is 0 Å². The van der Waals surface area contributed by atoms with Gasteiger partial charge in [0.2, 0.25) is 5.75 Å². The highest BCUT2D eigenvalue weighted by Gasteiger charge is 2.14. The SMILES string of the molecule is COc1cc(CNC(=O)N(C)Cc2ccc(Cl)cc2)cc(OC)c1OC. The van der Waals surface area contributed by atoms with Crippen molar-refractivity contribution in [2.45, 2.75) is 13.1 Å². The Morgan fingerprint density at radius 3 is 2.08 bits per heavy atom. The fraction of sp³-hybridized carbons (Fsp3) is 0.316. The highest BCUT2D eigenvalue weighted by atomic mass is 35.5. The number of halogens is 1. The van der Waals surface area contributed by atoms with Gasteiger partial charge in [-0.05, 0) is 35.4 Å². The number of hydrogen-bond donors (Lipinski definition) is 1. The predicted octanol–water partition coefficient (Wildman–Crippen LogP) is 3.71. The topological polar surface area (TPSA) is 60.0 Å². The van der Waals surface area contributed by atoms with Crippen LogP contribution in [0.2, 0.25) is 5.02 Å². The molecule has 2 amide bonds. The lowest BCUT2D eigenvalue weighted by Gasteiger charge is -2.19. The van der Waals surface area contributed by atoms with Crippen LogP contribution in [-0.4, -0.2) is 39.3 Å². The number of benzene rings is 2. The molecule has 140 valence electrons. The Labute approximate surface area is 158 Å². The molecule has 0 aromatic heterocycles. The molecule has 0 fully saturated rings. The number of nitrogens with one attached hydrogen (secondary N) is 1. The number of carbonyl (C=O) groups is 1. The second-order valence-electron chi connectivity index (χ2n) is 5.67. The average Bonchev–Trinajstić information content (AvgIpc) is 2.66. The van der Waals surface area contributed by atoms with Gasteiger partial charge in [0.15, 0.2) is 11.5 Å². The fourth-order valence-electron chi connectivity index (χ4n) is 2.49. The first kappa shape index (κ1) is 19.7. The second-order valence-corrected chi connectivity index (χ2v) is 6.11. The number of hydrogen-bond acceptors (Lipinski definition) is 4. The molecule has 0 aliphatic heterocycles. The van der Waals surface area contributed by atoms with Gasteiger partial charge in [0.1, 0.15) is 0 Å². The van der Waals surface area contributed by atoms with Crippen molar-refractivity contribution in [3.05, 3.63) is 52.5 Å². The molecule has 0 aliphatic carbocycles. The molecule has 0 aliphatic rings. The van der Waals surface area contributed by atoms with E-state index in [1.54, 1.807) is 57.5 Å². The van der Waals surface area contributed by atoms with Crippen LogP contribution in [0.15, 0.2) is 36.4 Å². The summed E-state index contributed by atoms with van der Waals surface area (Å²) in [4.78, 5) is 13.9. The summed E-state index contributed by atoms with van der Waals surface area (Å²) in [6.07, 6.45) is 0. The van der Waals surface area contributed by atoms with E-state index in [-0.39, 0.29) is 6.03 Å². The third-order valence-electron chi connectivity index (χ3n) is 3.85. The van der Waals surface area contributed by atoms with E-state index in [4.69, 9.17) is 25.8 Å². The Balaban J connectivity index is 2.00. The van der Waals surface area contributed by atoms with E-state index >= 15 is 0 Å². The average molecular weight is 379 g/mol. The lowest BCUT2D eigenvalue weighted by molar-refractivity contribution is 0.206. The number of nitrogens with zero attached hydrogens (tertiary/aromatic N) is 1. The van der Waals surface area contributed by atoms with Gasteiger partial charge in [-0.1, -0.05) is 23.7 Å². The van der Waals surface area contributed by atoms with Crippen molar-refractivity contribution in [3.63, 3.8) is 0 Å². The first-order valence-corrected chi connectivity index (χ1v) is 8.38. The molecule has 0 bridgehead atoms. The largest absolute Gasteiger partial charge is 0.493 e. The minimum Gasteiger partial charge on any atom is -0.493 e. The number of amides is 2. The lowest BCUT2D eigenvalue weighted by atomic mass is 10.2. The Kier molecular flexibility index (Phi) is 6.97. The molecule has 0 saturated heterocycles. The molecule has 0 saturated carbocycles. The van der Waals surface area contributed by atoms with Crippen molar-refractivity contribution >= 4 is 17.6 Å². The van der Waals surface area contributed by atoms with E-state index in [0.717, 1.165) is 11.1 Å². The van der Waals surface area contributed by atoms with Crippen molar-refractivity contribution in [3.8, 4) is 17.2 Å². The Morgan fingerprint density at radius 2 is 1.58 bits per heavy atom. The maximum atomic E-state index is 12.3. The van der Waals surface area contributed by atoms with Gasteiger partial charge in [-0.2, -0.15) is 0 Å². The van der Waals surface area contributed by atoms with Crippen LogP contribution in [-0.2, 0) is 13.1 Å². The number of ether oxygens (including phenoxy) is 3. The first-order chi connectivity index (χ1) is 12.5. The number of urea groups is 1. The van der Waals surface area contributed by atoms with E-state index in [2.05, 4.69) is 5.32 Å². The van der Waals surface area contributed by atoms with Crippen LogP contribution in [0.4, 0.5) is 4.79 Å². The third-order valence-corrected chi connectivity index (χ3v) is 4.10. The maximum Gasteiger partial charge on any atom is 0.317 e. The van der Waals surface area contributed by atoms with E-state index in [1.807, 2.05) is 12.1 Å². The highest BCUT2D eigenvalue weighted by Crippen LogP contribution is 2.38. The summed E-state index contributed by atoms with van der Waals surface area (Å²) < 4.78 is 15.9. The van der Waals surface area contributed by atoms with Gasteiger partial charge in [-0.3, -0.25) is 0 Å². The summed E-state index contributed by atoms with van der Waals surface area (Å²) in [7, 11) is 6.39. The Morgan fingerprint density at radius 1 is 1.00 bits per heavy atom.